The third-order valence-corrected chi connectivity index (χ3v) is 2.91. The van der Waals surface area contributed by atoms with Crippen LogP contribution in [0.3, 0.4) is 0 Å². The van der Waals surface area contributed by atoms with Gasteiger partial charge < -0.3 is 19.8 Å². The Bertz CT molecular complexity index is 474. The van der Waals surface area contributed by atoms with Gasteiger partial charge >= 0.3 is 5.97 Å². The minimum Gasteiger partial charge on any atom is -0.496 e. The molecule has 0 bridgehead atoms. The number of carbonyl (C=O) groups is 2. The Morgan fingerprint density at radius 2 is 2.00 bits per heavy atom. The van der Waals surface area contributed by atoms with Crippen molar-refractivity contribution in [3.8, 4) is 5.75 Å². The summed E-state index contributed by atoms with van der Waals surface area (Å²) in [5.41, 5.74) is 0.348. The number of methoxy groups -OCH3 is 1. The first-order chi connectivity index (χ1) is 9.51. The van der Waals surface area contributed by atoms with Gasteiger partial charge in [0.05, 0.1) is 25.2 Å². The SMILES string of the molecule is COc1ccccc1C(=O)N(CCO)CC(C)C(=O)O. The predicted octanol–water partition coefficient (Wildman–Crippen LogP) is 0.850. The molecule has 1 amide bonds. The van der Waals surface area contributed by atoms with Gasteiger partial charge in [0.2, 0.25) is 0 Å². The van der Waals surface area contributed by atoms with E-state index < -0.39 is 11.9 Å². The van der Waals surface area contributed by atoms with Crippen LogP contribution in [0.5, 0.6) is 5.75 Å². The van der Waals surface area contributed by atoms with Crippen LogP contribution in [-0.2, 0) is 4.79 Å². The monoisotopic (exact) mass is 281 g/mol. The Hall–Kier alpha value is -2.08. The summed E-state index contributed by atoms with van der Waals surface area (Å²) in [5.74, 6) is -1.63. The van der Waals surface area contributed by atoms with Gasteiger partial charge in [0.15, 0.2) is 0 Å². The standard InChI is InChI=1S/C14H19NO5/c1-10(14(18)19)9-15(7-8-16)13(17)11-5-3-4-6-12(11)20-2/h3-6,10,16H,7-9H2,1-2H3,(H,18,19). The third kappa shape index (κ3) is 3.96. The van der Waals surface area contributed by atoms with Crippen molar-refractivity contribution in [2.75, 3.05) is 26.8 Å². The maximum Gasteiger partial charge on any atom is 0.308 e. The van der Waals surface area contributed by atoms with E-state index in [9.17, 15) is 9.59 Å². The molecule has 0 saturated carbocycles. The van der Waals surface area contributed by atoms with Crippen molar-refractivity contribution in [2.24, 2.45) is 5.92 Å². The largest absolute Gasteiger partial charge is 0.496 e. The summed E-state index contributed by atoms with van der Waals surface area (Å²) in [6.45, 7) is 1.40. The normalized spacial score (nSPS) is 11.8. The number of aliphatic hydroxyl groups excluding tert-OH is 1. The number of benzene rings is 1. The van der Waals surface area contributed by atoms with Crippen molar-refractivity contribution in [3.63, 3.8) is 0 Å². The molecule has 1 aromatic rings. The number of carboxylic acids is 1. The van der Waals surface area contributed by atoms with Crippen LogP contribution in [0.2, 0.25) is 0 Å². The first kappa shape index (κ1) is 16.0. The summed E-state index contributed by atoms with van der Waals surface area (Å²) in [5, 5.41) is 18.0. The molecular formula is C14H19NO5. The number of rotatable bonds is 7. The second-order valence-electron chi connectivity index (χ2n) is 4.41. The lowest BCUT2D eigenvalue weighted by atomic mass is 10.1. The molecule has 0 aromatic heterocycles. The van der Waals surface area contributed by atoms with Crippen LogP contribution in [0.1, 0.15) is 17.3 Å². The highest BCUT2D eigenvalue weighted by Gasteiger charge is 2.23. The summed E-state index contributed by atoms with van der Waals surface area (Å²) in [7, 11) is 1.46. The summed E-state index contributed by atoms with van der Waals surface area (Å²) in [6.07, 6.45) is 0. The molecule has 6 heteroatoms. The van der Waals surface area contributed by atoms with E-state index in [1.165, 1.54) is 18.9 Å². The second kappa shape index (κ2) is 7.49. The van der Waals surface area contributed by atoms with E-state index in [4.69, 9.17) is 14.9 Å². The zero-order valence-corrected chi connectivity index (χ0v) is 11.6. The van der Waals surface area contributed by atoms with Crippen LogP contribution in [0.4, 0.5) is 0 Å². The van der Waals surface area contributed by atoms with Crippen LogP contribution in [0, 0.1) is 5.92 Å². The number of para-hydroxylation sites is 1. The fraction of sp³-hybridized carbons (Fsp3) is 0.429. The van der Waals surface area contributed by atoms with Gasteiger partial charge in [-0.25, -0.2) is 0 Å². The van der Waals surface area contributed by atoms with Crippen LogP contribution in [0.15, 0.2) is 24.3 Å². The lowest BCUT2D eigenvalue weighted by Crippen LogP contribution is -2.38. The molecule has 0 saturated heterocycles. The smallest absolute Gasteiger partial charge is 0.308 e. The van der Waals surface area contributed by atoms with Crippen LogP contribution in [0.25, 0.3) is 0 Å². The van der Waals surface area contributed by atoms with E-state index in [-0.39, 0.29) is 25.6 Å². The summed E-state index contributed by atoms with van der Waals surface area (Å²) in [6, 6.07) is 6.71. The molecule has 0 aliphatic carbocycles. The molecule has 1 aromatic carbocycles. The highest BCUT2D eigenvalue weighted by atomic mass is 16.5. The summed E-state index contributed by atoms with van der Waals surface area (Å²) < 4.78 is 5.12. The lowest BCUT2D eigenvalue weighted by molar-refractivity contribution is -0.141. The van der Waals surface area contributed by atoms with Gasteiger partial charge in [-0.1, -0.05) is 19.1 Å². The molecule has 110 valence electrons. The van der Waals surface area contributed by atoms with E-state index in [1.807, 2.05) is 0 Å². The first-order valence-electron chi connectivity index (χ1n) is 6.27. The van der Waals surface area contributed by atoms with Gasteiger partial charge in [-0.05, 0) is 12.1 Å². The van der Waals surface area contributed by atoms with E-state index in [0.717, 1.165) is 0 Å². The molecule has 6 nitrogen and oxygen atoms in total. The Labute approximate surface area is 117 Å². The van der Waals surface area contributed by atoms with E-state index in [1.54, 1.807) is 24.3 Å². The van der Waals surface area contributed by atoms with Crippen LogP contribution in [-0.4, -0.2) is 53.8 Å². The Balaban J connectivity index is 2.96. The predicted molar refractivity (Wildman–Crippen MR) is 72.8 cm³/mol. The van der Waals surface area contributed by atoms with Gasteiger partial charge in [0, 0.05) is 13.1 Å². The number of hydrogen-bond acceptors (Lipinski definition) is 4. The van der Waals surface area contributed by atoms with E-state index in [0.29, 0.717) is 11.3 Å². The average Bonchev–Trinajstić information content (AvgIpc) is 2.45. The number of ether oxygens (including phenoxy) is 1. The Morgan fingerprint density at radius 1 is 1.35 bits per heavy atom. The van der Waals surface area contributed by atoms with Gasteiger partial charge in [-0.15, -0.1) is 0 Å². The van der Waals surface area contributed by atoms with Gasteiger partial charge in [-0.2, -0.15) is 0 Å². The molecular weight excluding hydrogens is 262 g/mol. The van der Waals surface area contributed by atoms with Crippen molar-refractivity contribution in [1.82, 2.24) is 4.90 Å². The van der Waals surface area contributed by atoms with Crippen molar-refractivity contribution in [1.29, 1.82) is 0 Å². The number of aliphatic hydroxyl groups is 1. The molecule has 0 fully saturated rings. The topological polar surface area (TPSA) is 87.1 Å². The molecule has 0 aliphatic heterocycles. The molecule has 0 aliphatic rings. The summed E-state index contributed by atoms with van der Waals surface area (Å²) >= 11 is 0. The van der Waals surface area contributed by atoms with Crippen LogP contribution < -0.4 is 4.74 Å². The molecule has 1 rings (SSSR count). The minimum absolute atomic E-state index is 0.0345. The number of carboxylic acid groups (broad SMARTS) is 1. The number of hydrogen-bond donors (Lipinski definition) is 2. The second-order valence-corrected chi connectivity index (χ2v) is 4.41. The number of nitrogens with zero attached hydrogens (tertiary/aromatic N) is 1. The molecule has 20 heavy (non-hydrogen) atoms. The van der Waals surface area contributed by atoms with Gasteiger partial charge in [0.25, 0.3) is 5.91 Å². The molecule has 0 spiro atoms. The van der Waals surface area contributed by atoms with Crippen molar-refractivity contribution >= 4 is 11.9 Å². The lowest BCUT2D eigenvalue weighted by Gasteiger charge is -2.24. The van der Waals surface area contributed by atoms with E-state index in [2.05, 4.69) is 0 Å². The maximum absolute atomic E-state index is 12.4. The van der Waals surface area contributed by atoms with Crippen molar-refractivity contribution in [3.05, 3.63) is 29.8 Å². The summed E-state index contributed by atoms with van der Waals surface area (Å²) in [4.78, 5) is 24.6. The zero-order chi connectivity index (χ0) is 15.1. The zero-order valence-electron chi connectivity index (χ0n) is 11.6. The highest BCUT2D eigenvalue weighted by Crippen LogP contribution is 2.19. The van der Waals surface area contributed by atoms with E-state index >= 15 is 0 Å². The van der Waals surface area contributed by atoms with Crippen LogP contribution >= 0.6 is 0 Å². The molecule has 1 atom stereocenters. The van der Waals surface area contributed by atoms with Gasteiger partial charge in [-0.3, -0.25) is 9.59 Å². The highest BCUT2D eigenvalue weighted by molar-refractivity contribution is 5.97. The molecule has 0 heterocycles. The number of carbonyl (C=O) groups excluding carboxylic acids is 1. The Kier molecular flexibility index (Phi) is 5.99. The number of aliphatic carboxylic acids is 1. The Morgan fingerprint density at radius 3 is 2.55 bits per heavy atom. The van der Waals surface area contributed by atoms with Gasteiger partial charge in [0.1, 0.15) is 5.75 Å². The quantitative estimate of drug-likeness (QED) is 0.773. The van der Waals surface area contributed by atoms with Crippen molar-refractivity contribution in [2.45, 2.75) is 6.92 Å². The first-order valence-corrected chi connectivity index (χ1v) is 6.27. The minimum atomic E-state index is -0.985. The molecule has 0 radical (unpaired) electrons. The third-order valence-electron chi connectivity index (χ3n) is 2.91. The molecule has 2 N–H and O–H groups in total. The number of amides is 1. The fourth-order valence-electron chi connectivity index (χ4n) is 1.80. The molecule has 1 unspecified atom stereocenters. The fourth-order valence-corrected chi connectivity index (χ4v) is 1.80. The van der Waals surface area contributed by atoms with Crippen molar-refractivity contribution < 1.29 is 24.5 Å². The maximum atomic E-state index is 12.4. The average molecular weight is 281 g/mol.